The number of aryl methyl sites for hydroxylation is 1. The molecule has 5 nitrogen and oxygen atoms in total. The zero-order valence-corrected chi connectivity index (χ0v) is 19.4. The number of ketones is 1. The lowest BCUT2D eigenvalue weighted by atomic mass is 9.84. The highest BCUT2D eigenvalue weighted by molar-refractivity contribution is 5.98. The van der Waals surface area contributed by atoms with Crippen LogP contribution in [0.5, 0.6) is 0 Å². The molecule has 1 aromatic heterocycles. The standard InChI is InChI=1S/C24H26F4N4O/c1-14-9-15(7-8-19(14)25)16-10-17(20(33)13-23(5,6)24(26,27)28)12-18(11-16)32-21(22(2,3)4)29-30-31-32/h7-12H,13H2,1-6H3. The van der Waals surface area contributed by atoms with Gasteiger partial charge in [-0.15, -0.1) is 5.10 Å². The lowest BCUT2D eigenvalue weighted by Gasteiger charge is -2.27. The maximum Gasteiger partial charge on any atom is 0.394 e. The summed E-state index contributed by atoms with van der Waals surface area (Å²) in [5.41, 5.74) is -0.548. The van der Waals surface area contributed by atoms with Crippen molar-refractivity contribution in [2.24, 2.45) is 5.41 Å². The van der Waals surface area contributed by atoms with Gasteiger partial charge in [0.1, 0.15) is 5.82 Å². The predicted molar refractivity (Wildman–Crippen MR) is 117 cm³/mol. The summed E-state index contributed by atoms with van der Waals surface area (Å²) in [6.07, 6.45) is -5.25. The number of hydrogen-bond donors (Lipinski definition) is 0. The molecule has 0 unspecified atom stereocenters. The number of halogens is 4. The van der Waals surface area contributed by atoms with E-state index < -0.39 is 29.2 Å². The van der Waals surface area contributed by atoms with Crippen LogP contribution in [0.2, 0.25) is 0 Å². The van der Waals surface area contributed by atoms with Crippen LogP contribution in [0.3, 0.4) is 0 Å². The molecule has 1 heterocycles. The minimum absolute atomic E-state index is 0.0946. The Morgan fingerprint density at radius 1 is 0.970 bits per heavy atom. The number of alkyl halides is 3. The van der Waals surface area contributed by atoms with E-state index in [0.717, 1.165) is 13.8 Å². The molecule has 0 fully saturated rings. The molecule has 2 aromatic carbocycles. The molecule has 3 aromatic rings. The van der Waals surface area contributed by atoms with Gasteiger partial charge in [0.25, 0.3) is 0 Å². The molecule has 0 amide bonds. The first-order valence-corrected chi connectivity index (χ1v) is 10.4. The topological polar surface area (TPSA) is 60.7 Å². The molecule has 0 spiro atoms. The largest absolute Gasteiger partial charge is 0.394 e. The predicted octanol–water partition coefficient (Wildman–Crippen LogP) is 6.24. The molecule has 0 aliphatic carbocycles. The van der Waals surface area contributed by atoms with Crippen LogP contribution in [0.15, 0.2) is 36.4 Å². The van der Waals surface area contributed by atoms with Gasteiger partial charge in [-0.2, -0.15) is 17.9 Å². The molecular weight excluding hydrogens is 436 g/mol. The van der Waals surface area contributed by atoms with E-state index in [1.165, 1.54) is 22.9 Å². The van der Waals surface area contributed by atoms with Crippen LogP contribution in [0, 0.1) is 18.2 Å². The van der Waals surface area contributed by atoms with E-state index >= 15 is 0 Å². The molecular formula is C24H26F4N4O. The van der Waals surface area contributed by atoms with Gasteiger partial charge in [-0.25, -0.2) is 4.39 Å². The second-order valence-corrected chi connectivity index (χ2v) is 9.88. The van der Waals surface area contributed by atoms with E-state index in [4.69, 9.17) is 0 Å². The molecule has 176 valence electrons. The highest BCUT2D eigenvalue weighted by Crippen LogP contribution is 2.41. The number of rotatable bonds is 5. The van der Waals surface area contributed by atoms with Crippen LogP contribution < -0.4 is 0 Å². The second kappa shape index (κ2) is 8.35. The van der Waals surface area contributed by atoms with Crippen molar-refractivity contribution in [1.29, 1.82) is 0 Å². The molecule has 33 heavy (non-hydrogen) atoms. The van der Waals surface area contributed by atoms with E-state index in [-0.39, 0.29) is 11.4 Å². The van der Waals surface area contributed by atoms with Gasteiger partial charge in [-0.05, 0) is 64.4 Å². The normalized spacial score (nSPS) is 12.8. The van der Waals surface area contributed by atoms with Crippen LogP contribution >= 0.6 is 0 Å². The maximum atomic E-state index is 13.8. The molecule has 0 atom stereocenters. The summed E-state index contributed by atoms with van der Waals surface area (Å²) in [6, 6.07) is 9.21. The number of benzene rings is 2. The smallest absolute Gasteiger partial charge is 0.294 e. The van der Waals surface area contributed by atoms with Gasteiger partial charge in [-0.1, -0.05) is 40.7 Å². The lowest BCUT2D eigenvalue weighted by molar-refractivity contribution is -0.209. The molecule has 0 aliphatic rings. The molecule has 9 heteroatoms. The van der Waals surface area contributed by atoms with Crippen molar-refractivity contribution in [2.75, 3.05) is 0 Å². The van der Waals surface area contributed by atoms with Crippen LogP contribution in [-0.2, 0) is 5.41 Å². The van der Waals surface area contributed by atoms with Gasteiger partial charge < -0.3 is 0 Å². The molecule has 0 bridgehead atoms. The van der Waals surface area contributed by atoms with Crippen molar-refractivity contribution in [3.8, 4) is 16.8 Å². The minimum atomic E-state index is -4.54. The minimum Gasteiger partial charge on any atom is -0.294 e. The van der Waals surface area contributed by atoms with E-state index in [2.05, 4.69) is 15.5 Å². The van der Waals surface area contributed by atoms with Crippen LogP contribution in [-0.4, -0.2) is 32.2 Å². The lowest BCUT2D eigenvalue weighted by Crippen LogP contribution is -2.34. The fourth-order valence-electron chi connectivity index (χ4n) is 3.32. The van der Waals surface area contributed by atoms with Crippen LogP contribution in [0.4, 0.5) is 17.6 Å². The second-order valence-electron chi connectivity index (χ2n) is 9.88. The number of hydrogen-bond acceptors (Lipinski definition) is 4. The number of carbonyl (C=O) groups is 1. The Bertz CT molecular complexity index is 1190. The van der Waals surface area contributed by atoms with Crippen molar-refractivity contribution in [1.82, 2.24) is 20.2 Å². The summed E-state index contributed by atoms with van der Waals surface area (Å²) >= 11 is 0. The third-order valence-corrected chi connectivity index (χ3v) is 5.49. The van der Waals surface area contributed by atoms with E-state index in [1.807, 2.05) is 20.8 Å². The average Bonchev–Trinajstić information content (AvgIpc) is 3.19. The number of aromatic nitrogens is 4. The first-order chi connectivity index (χ1) is 15.1. The summed E-state index contributed by atoms with van der Waals surface area (Å²) in [6.45, 7) is 9.36. The van der Waals surface area contributed by atoms with Gasteiger partial charge in [0.15, 0.2) is 11.6 Å². The van der Waals surface area contributed by atoms with Crippen LogP contribution in [0.25, 0.3) is 16.8 Å². The number of nitrogens with zero attached hydrogens (tertiary/aromatic N) is 4. The summed E-state index contributed by atoms with van der Waals surface area (Å²) < 4.78 is 55.5. The number of carbonyl (C=O) groups excluding carboxylic acids is 1. The van der Waals surface area contributed by atoms with Gasteiger partial charge in [0, 0.05) is 17.4 Å². The molecule has 3 rings (SSSR count). The molecule has 0 N–H and O–H groups in total. The fourth-order valence-corrected chi connectivity index (χ4v) is 3.32. The summed E-state index contributed by atoms with van der Waals surface area (Å²) in [5.74, 6) is -0.526. The molecule has 0 saturated carbocycles. The van der Waals surface area contributed by atoms with Gasteiger partial charge >= 0.3 is 6.18 Å². The first kappa shape index (κ1) is 24.5. The first-order valence-electron chi connectivity index (χ1n) is 10.4. The third kappa shape index (κ3) is 5.12. The average molecular weight is 462 g/mol. The Hall–Kier alpha value is -3.10. The Morgan fingerprint density at radius 3 is 2.21 bits per heavy atom. The highest BCUT2D eigenvalue weighted by Gasteiger charge is 2.48. The number of tetrazole rings is 1. The van der Waals surface area contributed by atoms with Crippen molar-refractivity contribution < 1.29 is 22.4 Å². The Morgan fingerprint density at radius 2 is 1.64 bits per heavy atom. The summed E-state index contributed by atoms with van der Waals surface area (Å²) in [7, 11) is 0. The van der Waals surface area contributed by atoms with Crippen molar-refractivity contribution in [3.05, 3.63) is 59.2 Å². The summed E-state index contributed by atoms with van der Waals surface area (Å²) in [5, 5.41) is 11.9. The van der Waals surface area contributed by atoms with E-state index in [1.54, 1.807) is 25.1 Å². The molecule has 0 radical (unpaired) electrons. The van der Waals surface area contributed by atoms with Gasteiger partial charge in [0.2, 0.25) is 0 Å². The quantitative estimate of drug-likeness (QED) is 0.333. The van der Waals surface area contributed by atoms with Gasteiger partial charge in [-0.3, -0.25) is 4.79 Å². The SMILES string of the molecule is Cc1cc(-c2cc(C(=O)CC(C)(C)C(F)(F)F)cc(-n3nnnc3C(C)(C)C)c2)ccc1F. The maximum absolute atomic E-state index is 13.8. The van der Waals surface area contributed by atoms with Gasteiger partial charge in [0.05, 0.1) is 11.1 Å². The van der Waals surface area contributed by atoms with E-state index in [9.17, 15) is 22.4 Å². The Labute approximate surface area is 189 Å². The highest BCUT2D eigenvalue weighted by atomic mass is 19.4. The number of Topliss-reactive ketones (excluding diaryl/α,β-unsaturated/α-hetero) is 1. The fraction of sp³-hybridized carbons (Fsp3) is 0.417. The van der Waals surface area contributed by atoms with Crippen LogP contribution in [0.1, 0.15) is 62.8 Å². The monoisotopic (exact) mass is 462 g/mol. The Balaban J connectivity index is 2.18. The third-order valence-electron chi connectivity index (χ3n) is 5.49. The molecule has 0 aliphatic heterocycles. The zero-order chi connectivity index (χ0) is 24.8. The molecule has 0 saturated heterocycles. The van der Waals surface area contributed by atoms with Crippen molar-refractivity contribution in [3.63, 3.8) is 0 Å². The van der Waals surface area contributed by atoms with Crippen molar-refractivity contribution in [2.45, 2.75) is 59.6 Å². The zero-order valence-electron chi connectivity index (χ0n) is 19.4. The van der Waals surface area contributed by atoms with Crippen molar-refractivity contribution >= 4 is 5.78 Å². The van der Waals surface area contributed by atoms with E-state index in [0.29, 0.717) is 28.2 Å². The summed E-state index contributed by atoms with van der Waals surface area (Å²) in [4.78, 5) is 13.0. The Kier molecular flexibility index (Phi) is 6.21.